The van der Waals surface area contributed by atoms with Crippen LogP contribution < -0.4 is 20.1 Å². The van der Waals surface area contributed by atoms with Gasteiger partial charge in [0.1, 0.15) is 23.5 Å². The van der Waals surface area contributed by atoms with Gasteiger partial charge < -0.3 is 14.8 Å². The summed E-state index contributed by atoms with van der Waals surface area (Å²) in [5.41, 5.74) is 0.306. The smallest absolute Gasteiger partial charge is 0.320 e. The van der Waals surface area contributed by atoms with E-state index >= 15 is 0 Å². The summed E-state index contributed by atoms with van der Waals surface area (Å²) in [6.45, 7) is 0.201. The molecule has 5 rings (SSSR count). The highest BCUT2D eigenvalue weighted by Crippen LogP contribution is 2.55. The second-order valence-corrected chi connectivity index (χ2v) is 7.34. The largest absolute Gasteiger partial charge is 0.490 e. The van der Waals surface area contributed by atoms with Crippen molar-refractivity contribution in [1.29, 1.82) is 5.26 Å². The Morgan fingerprint density at radius 3 is 2.81 bits per heavy atom. The molecule has 8 nitrogen and oxygen atoms in total. The number of ether oxygens (including phenoxy) is 2. The van der Waals surface area contributed by atoms with Crippen molar-refractivity contribution in [3.8, 4) is 23.3 Å². The van der Waals surface area contributed by atoms with Crippen molar-refractivity contribution in [2.24, 2.45) is 5.92 Å². The molecule has 1 aliphatic carbocycles. The van der Waals surface area contributed by atoms with E-state index in [0.29, 0.717) is 5.75 Å². The first kappa shape index (κ1) is 19.7. The van der Waals surface area contributed by atoms with Crippen LogP contribution in [0.1, 0.15) is 17.2 Å². The lowest BCUT2D eigenvalue weighted by atomic mass is 10.0. The van der Waals surface area contributed by atoms with Gasteiger partial charge in [0.25, 0.3) is 0 Å². The Morgan fingerprint density at radius 2 is 2.03 bits per heavy atom. The van der Waals surface area contributed by atoms with Crippen molar-refractivity contribution in [3.05, 3.63) is 71.7 Å². The van der Waals surface area contributed by atoms with Gasteiger partial charge in [-0.1, -0.05) is 0 Å². The molecule has 3 aromatic rings. The highest BCUT2D eigenvalue weighted by molar-refractivity contribution is 5.89. The molecule has 1 aromatic carbocycles. The molecule has 3 atom stereocenters. The summed E-state index contributed by atoms with van der Waals surface area (Å²) in [5.74, 6) is -0.793. The van der Waals surface area contributed by atoms with Gasteiger partial charge in [-0.25, -0.2) is 23.5 Å². The van der Waals surface area contributed by atoms with Gasteiger partial charge >= 0.3 is 6.03 Å². The van der Waals surface area contributed by atoms with E-state index in [1.54, 1.807) is 18.2 Å². The van der Waals surface area contributed by atoms with Crippen molar-refractivity contribution < 1.29 is 23.0 Å². The highest BCUT2D eigenvalue weighted by Gasteiger charge is 2.57. The van der Waals surface area contributed by atoms with Crippen molar-refractivity contribution in [2.75, 3.05) is 11.9 Å². The Bertz CT molecular complexity index is 1250. The van der Waals surface area contributed by atoms with E-state index in [1.807, 2.05) is 6.07 Å². The van der Waals surface area contributed by atoms with Crippen molar-refractivity contribution in [1.82, 2.24) is 15.3 Å². The van der Waals surface area contributed by atoms with Crippen LogP contribution in [0, 0.1) is 28.9 Å². The summed E-state index contributed by atoms with van der Waals surface area (Å²) in [5, 5.41) is 14.4. The van der Waals surface area contributed by atoms with E-state index < -0.39 is 17.7 Å². The third-order valence-electron chi connectivity index (χ3n) is 5.40. The zero-order chi connectivity index (χ0) is 22.2. The van der Waals surface area contributed by atoms with E-state index in [-0.39, 0.29) is 53.1 Å². The third-order valence-corrected chi connectivity index (χ3v) is 5.40. The summed E-state index contributed by atoms with van der Waals surface area (Å²) < 4.78 is 39.1. The standard InChI is InChI=1S/C22H15F2N5O3/c23-13-4-5-14(24)21-19(13)18-12(10-31-21)20(18)29-22(30)28-17-6-3-11(9-27-17)32-16-2-1-7-26-15(16)8-25/h1-7,9,12,18,20H,10H2,(H2,27,28,29,30)/t12-,18-,20?/m0/s1. The fourth-order valence-electron chi connectivity index (χ4n) is 3.86. The molecule has 32 heavy (non-hydrogen) atoms. The fourth-order valence-corrected chi connectivity index (χ4v) is 3.86. The topological polar surface area (TPSA) is 109 Å². The molecule has 2 aliphatic rings. The zero-order valence-corrected chi connectivity index (χ0v) is 16.4. The molecule has 1 fully saturated rings. The molecular weight excluding hydrogens is 420 g/mol. The van der Waals surface area contributed by atoms with Gasteiger partial charge in [0.2, 0.25) is 0 Å². The highest BCUT2D eigenvalue weighted by atomic mass is 19.1. The lowest BCUT2D eigenvalue weighted by Gasteiger charge is -2.16. The molecule has 0 bridgehead atoms. The Hall–Kier alpha value is -4.26. The lowest BCUT2D eigenvalue weighted by molar-refractivity contribution is 0.247. The Balaban J connectivity index is 1.21. The summed E-state index contributed by atoms with van der Waals surface area (Å²) in [7, 11) is 0. The predicted molar refractivity (Wildman–Crippen MR) is 107 cm³/mol. The monoisotopic (exact) mass is 435 g/mol. The third kappa shape index (κ3) is 3.54. The number of carbonyl (C=O) groups is 1. The molecule has 0 radical (unpaired) electrons. The number of hydrogen-bond donors (Lipinski definition) is 2. The maximum absolute atomic E-state index is 14.2. The minimum absolute atomic E-state index is 0.0821. The number of nitriles is 1. The number of anilines is 1. The number of hydrogen-bond acceptors (Lipinski definition) is 6. The average Bonchev–Trinajstić information content (AvgIpc) is 3.50. The number of rotatable bonds is 4. The van der Waals surface area contributed by atoms with Crippen LogP contribution in [0.4, 0.5) is 19.4 Å². The van der Waals surface area contributed by atoms with Crippen LogP contribution in [0.25, 0.3) is 0 Å². The molecule has 2 N–H and O–H groups in total. The predicted octanol–water partition coefficient (Wildman–Crippen LogP) is 3.71. The first-order valence-electron chi connectivity index (χ1n) is 9.72. The molecule has 10 heteroatoms. The zero-order valence-electron chi connectivity index (χ0n) is 16.4. The number of amides is 2. The van der Waals surface area contributed by atoms with Crippen LogP contribution in [-0.2, 0) is 0 Å². The fraction of sp³-hybridized carbons (Fsp3) is 0.182. The Kier molecular flexibility index (Phi) is 4.78. The van der Waals surface area contributed by atoms with Gasteiger partial charge in [0.05, 0.1) is 12.8 Å². The Morgan fingerprint density at radius 1 is 1.19 bits per heavy atom. The van der Waals surface area contributed by atoms with Gasteiger partial charge in [-0.2, -0.15) is 5.26 Å². The van der Waals surface area contributed by atoms with Crippen LogP contribution in [0.2, 0.25) is 0 Å². The van der Waals surface area contributed by atoms with Crippen LogP contribution in [-0.4, -0.2) is 28.6 Å². The summed E-state index contributed by atoms with van der Waals surface area (Å²) >= 11 is 0. The van der Waals surface area contributed by atoms with Crippen molar-refractivity contribution in [2.45, 2.75) is 12.0 Å². The van der Waals surface area contributed by atoms with E-state index in [0.717, 1.165) is 12.1 Å². The lowest BCUT2D eigenvalue weighted by Crippen LogP contribution is -2.32. The number of fused-ring (bicyclic) bond motifs is 3. The summed E-state index contributed by atoms with van der Waals surface area (Å²) in [6, 6.07) is 9.49. The second kappa shape index (κ2) is 7.77. The molecule has 0 spiro atoms. The molecular formula is C22H15F2N5O3. The summed E-state index contributed by atoms with van der Waals surface area (Å²) in [6.07, 6.45) is 2.88. The van der Waals surface area contributed by atoms with Gasteiger partial charge in [-0.15, -0.1) is 0 Å². The number of nitrogens with one attached hydrogen (secondary N) is 2. The SMILES string of the molecule is N#Cc1ncccc1Oc1ccc(NC(=O)NC2[C@H]3COc4c(F)ccc(F)c4[C@@H]23)nc1. The van der Waals surface area contributed by atoms with Crippen molar-refractivity contribution >= 4 is 11.8 Å². The van der Waals surface area contributed by atoms with Crippen molar-refractivity contribution in [3.63, 3.8) is 0 Å². The molecule has 1 aliphatic heterocycles. The number of halogens is 2. The Labute approximate surface area is 180 Å². The van der Waals surface area contributed by atoms with E-state index in [9.17, 15) is 13.6 Å². The van der Waals surface area contributed by atoms with E-state index in [4.69, 9.17) is 14.7 Å². The number of urea groups is 1. The number of pyridine rings is 2. The van der Waals surface area contributed by atoms with Gasteiger partial charge in [-0.3, -0.25) is 5.32 Å². The molecule has 2 amide bonds. The van der Waals surface area contributed by atoms with Gasteiger partial charge in [0.15, 0.2) is 23.0 Å². The van der Waals surface area contributed by atoms with Crippen LogP contribution in [0.15, 0.2) is 48.8 Å². The normalized spacial score (nSPS) is 20.1. The van der Waals surface area contributed by atoms with Gasteiger partial charge in [-0.05, 0) is 36.4 Å². The molecule has 2 aromatic heterocycles. The molecule has 0 saturated heterocycles. The maximum Gasteiger partial charge on any atom is 0.320 e. The van der Waals surface area contributed by atoms with Gasteiger partial charge in [0, 0.05) is 29.6 Å². The molecule has 160 valence electrons. The van der Waals surface area contributed by atoms with E-state index in [2.05, 4.69) is 20.6 Å². The molecule has 1 unspecified atom stereocenters. The first-order valence-corrected chi connectivity index (χ1v) is 9.72. The number of nitrogens with zero attached hydrogens (tertiary/aromatic N) is 3. The van der Waals surface area contributed by atoms with E-state index in [1.165, 1.54) is 18.5 Å². The maximum atomic E-state index is 14.2. The van der Waals surface area contributed by atoms with Crippen LogP contribution in [0.3, 0.4) is 0 Å². The summed E-state index contributed by atoms with van der Waals surface area (Å²) in [4.78, 5) is 20.4. The van der Waals surface area contributed by atoms with Crippen LogP contribution in [0.5, 0.6) is 17.2 Å². The minimum atomic E-state index is -0.616. The number of carbonyl (C=O) groups excluding carboxylic acids is 1. The number of benzene rings is 1. The first-order chi connectivity index (χ1) is 15.5. The average molecular weight is 435 g/mol. The van der Waals surface area contributed by atoms with Crippen LogP contribution >= 0.6 is 0 Å². The molecule has 1 saturated carbocycles. The minimum Gasteiger partial charge on any atom is -0.490 e. The quantitative estimate of drug-likeness (QED) is 0.647. The molecule has 3 heterocycles. The number of aromatic nitrogens is 2. The second-order valence-electron chi connectivity index (χ2n) is 7.34.